The lowest BCUT2D eigenvalue weighted by Crippen LogP contribution is -2.60. The number of aromatic hydroxyl groups is 1. The number of likely N-dealkylation sites (tertiary alicyclic amines) is 2. The van der Waals surface area contributed by atoms with Gasteiger partial charge in [0.15, 0.2) is 0 Å². The number of ether oxygens (including phenoxy) is 2. The lowest BCUT2D eigenvalue weighted by atomic mass is 9.99. The summed E-state index contributed by atoms with van der Waals surface area (Å²) in [5.74, 6) is -3.16. The maximum Gasteiger partial charge on any atom is 0.251 e. The maximum atomic E-state index is 14.4. The van der Waals surface area contributed by atoms with Crippen LogP contribution in [0.4, 0.5) is 0 Å². The normalized spacial score (nSPS) is 17.9. The van der Waals surface area contributed by atoms with Crippen molar-refractivity contribution >= 4 is 41.4 Å². The van der Waals surface area contributed by atoms with Crippen LogP contribution in [0, 0.1) is 5.92 Å². The Morgan fingerprint density at radius 1 is 0.695 bits per heavy atom. The van der Waals surface area contributed by atoms with Crippen LogP contribution in [0.2, 0.25) is 0 Å². The third kappa shape index (κ3) is 18.6. The third-order valence-corrected chi connectivity index (χ3v) is 15.0. The number of aryl methyl sites for hydroxylation is 1. The van der Waals surface area contributed by atoms with Gasteiger partial charge < -0.3 is 60.6 Å². The molecule has 0 saturated carbocycles. The van der Waals surface area contributed by atoms with Gasteiger partial charge in [0.1, 0.15) is 54.5 Å². The highest BCUT2D eigenvalue weighted by Gasteiger charge is 2.43. The van der Waals surface area contributed by atoms with Crippen molar-refractivity contribution in [3.63, 3.8) is 0 Å². The number of nitrogens with one attached hydrogen (secondary N) is 5. The van der Waals surface area contributed by atoms with E-state index in [0.29, 0.717) is 49.1 Å². The molecular weight excluding hydrogens is 1040 g/mol. The van der Waals surface area contributed by atoms with Gasteiger partial charge in [-0.05, 0) is 128 Å². The largest absolute Gasteiger partial charge is 0.508 e. The molecule has 2 fully saturated rings. The molecule has 4 aromatic rings. The van der Waals surface area contributed by atoms with Gasteiger partial charge in [-0.3, -0.25) is 33.6 Å². The topological polar surface area (TPSA) is 245 Å². The zero-order chi connectivity index (χ0) is 59.5. The van der Waals surface area contributed by atoms with Crippen LogP contribution in [0.3, 0.4) is 0 Å². The number of phenolic OH excluding ortho intramolecular Hbond substituents is 1. The molecule has 444 valence electrons. The molecule has 82 heavy (non-hydrogen) atoms. The van der Waals surface area contributed by atoms with E-state index < -0.39 is 84.5 Å². The molecule has 19 nitrogen and oxygen atoms in total. The van der Waals surface area contributed by atoms with E-state index in [4.69, 9.17) is 9.47 Å². The van der Waals surface area contributed by atoms with Crippen LogP contribution in [0.1, 0.15) is 108 Å². The van der Waals surface area contributed by atoms with Crippen molar-refractivity contribution < 1.29 is 57.7 Å². The van der Waals surface area contributed by atoms with Crippen LogP contribution >= 0.6 is 0 Å². The Morgan fingerprint density at radius 3 is 1.89 bits per heavy atom. The summed E-state index contributed by atoms with van der Waals surface area (Å²) >= 11 is 0. The molecule has 8 atom stereocenters. The van der Waals surface area contributed by atoms with Gasteiger partial charge in [-0.2, -0.15) is 0 Å². The number of likely N-dealkylation sites (N-methyl/N-ethyl adjacent to an activating group) is 1. The first-order valence-corrected chi connectivity index (χ1v) is 29.1. The van der Waals surface area contributed by atoms with Gasteiger partial charge in [-0.25, -0.2) is 0 Å². The molecule has 6 unspecified atom stereocenters. The van der Waals surface area contributed by atoms with Crippen molar-refractivity contribution in [1.82, 2.24) is 36.4 Å². The van der Waals surface area contributed by atoms with Crippen LogP contribution in [-0.2, 0) is 39.9 Å². The fourth-order valence-electron chi connectivity index (χ4n) is 10.2. The van der Waals surface area contributed by atoms with Gasteiger partial charge in [0.25, 0.3) is 5.91 Å². The molecule has 7 amide bonds. The summed E-state index contributed by atoms with van der Waals surface area (Å²) in [7, 11) is 6.15. The molecule has 2 saturated heterocycles. The predicted molar refractivity (Wildman–Crippen MR) is 314 cm³/mol. The standard InChI is InChI=1S/C63H86N8O11/c1-9-12-13-36-81-50-31-27-47(28-32-50)45-21-19-44(20-22-45)46-23-25-48(26-24-46)58(75)64-39-55(74)67-57(42(5)72)63(80)69-34-14-15-53(69)60(77)66-52(33-18-43-16-29-49(73)30-17-43)59(76)65-51(10-2)62(79)70-40-41(4)38-54(70)61(78)68-56(11-3)82-37-35-71(6,7)8/h16-17,19-32,41-42,51-54,56-57,72H,9-15,18,33-40H2,1-8H3,(H5-,64,65,66,67,68,73,74,75,76,77,78)/p+1/t41-,42-,51?,52?,53?,54?,56?,57?/m1/s1. The number of hydrogen-bond acceptors (Lipinski definition) is 11. The zero-order valence-electron chi connectivity index (χ0n) is 49.1. The first kappa shape index (κ1) is 63.8. The second-order valence-electron chi connectivity index (χ2n) is 22.8. The number of hydrogen-bond donors (Lipinski definition) is 7. The van der Waals surface area contributed by atoms with Crippen molar-refractivity contribution in [3.05, 3.63) is 108 Å². The number of aliphatic hydroxyl groups is 1. The SMILES string of the molecule is CCCCCOc1ccc(-c2ccc(-c3ccc(C(=O)NCC(=O)NC(C(=O)N4CCCC4C(=O)NC(CCc4ccc(O)cc4)C(=O)NC(CC)C(=O)N4C[C@H](C)CC4C(=O)NC(CC)OCC[N+](C)(C)C)[C@@H](C)O)cc3)cc2)cc1. The number of quaternary nitrogens is 1. The summed E-state index contributed by atoms with van der Waals surface area (Å²) in [4.78, 5) is 100. The number of nitrogens with zero attached hydrogens (tertiary/aromatic N) is 3. The highest BCUT2D eigenvalue weighted by Crippen LogP contribution is 2.28. The number of phenols is 1. The quantitative estimate of drug-likeness (QED) is 0.0197. The van der Waals surface area contributed by atoms with E-state index in [9.17, 15) is 43.8 Å². The van der Waals surface area contributed by atoms with Crippen LogP contribution in [0.5, 0.6) is 11.5 Å². The predicted octanol–water partition coefficient (Wildman–Crippen LogP) is 5.71. The number of carbonyl (C=O) groups excluding carboxylic acids is 7. The number of aliphatic hydroxyl groups excluding tert-OH is 1. The number of rotatable bonds is 29. The molecule has 2 heterocycles. The first-order valence-electron chi connectivity index (χ1n) is 29.1. The minimum atomic E-state index is -1.48. The lowest BCUT2D eigenvalue weighted by molar-refractivity contribution is -0.870. The smallest absolute Gasteiger partial charge is 0.251 e. The molecule has 2 aliphatic heterocycles. The lowest BCUT2D eigenvalue weighted by Gasteiger charge is -2.32. The van der Waals surface area contributed by atoms with Crippen molar-refractivity contribution in [2.24, 2.45) is 5.92 Å². The molecule has 0 aliphatic carbocycles. The molecule has 0 aromatic heterocycles. The average molecular weight is 1130 g/mol. The van der Waals surface area contributed by atoms with Crippen LogP contribution in [0.25, 0.3) is 22.3 Å². The van der Waals surface area contributed by atoms with Crippen LogP contribution in [0.15, 0.2) is 97.1 Å². The summed E-state index contributed by atoms with van der Waals surface area (Å²) in [5, 5.41) is 34.5. The van der Waals surface area contributed by atoms with Gasteiger partial charge >= 0.3 is 0 Å². The van der Waals surface area contributed by atoms with E-state index in [-0.39, 0.29) is 49.8 Å². The summed E-state index contributed by atoms with van der Waals surface area (Å²) in [5.41, 5.74) is 5.02. The number of amides is 7. The zero-order valence-corrected chi connectivity index (χ0v) is 49.1. The van der Waals surface area contributed by atoms with Gasteiger partial charge in [0.2, 0.25) is 35.4 Å². The number of unbranched alkanes of at least 4 members (excludes halogenated alkanes) is 2. The second-order valence-corrected chi connectivity index (χ2v) is 22.8. The van der Waals surface area contributed by atoms with E-state index in [1.54, 1.807) is 31.2 Å². The van der Waals surface area contributed by atoms with E-state index in [1.165, 1.54) is 28.9 Å². The van der Waals surface area contributed by atoms with Crippen LogP contribution < -0.4 is 31.3 Å². The third-order valence-electron chi connectivity index (χ3n) is 15.0. The minimum absolute atomic E-state index is 0.00585. The van der Waals surface area contributed by atoms with Crippen molar-refractivity contribution in [2.45, 2.75) is 141 Å². The highest BCUT2D eigenvalue weighted by atomic mass is 16.5. The Labute approximate surface area is 483 Å². The second kappa shape index (κ2) is 30.6. The minimum Gasteiger partial charge on any atom is -0.508 e. The number of carbonyl (C=O) groups is 7. The summed E-state index contributed by atoms with van der Waals surface area (Å²) in [6, 6.07) is 23.9. The maximum absolute atomic E-state index is 14.4. The van der Waals surface area contributed by atoms with E-state index in [1.807, 2.05) is 74.5 Å². The monoisotopic (exact) mass is 1130 g/mol. The average Bonchev–Trinajstić information content (AvgIpc) is 4.26. The Kier molecular flexibility index (Phi) is 23.8. The van der Waals surface area contributed by atoms with E-state index in [2.05, 4.69) is 54.7 Å². The van der Waals surface area contributed by atoms with Crippen molar-refractivity contribution in [3.8, 4) is 33.8 Å². The molecule has 0 radical (unpaired) electrons. The fourth-order valence-corrected chi connectivity index (χ4v) is 10.2. The summed E-state index contributed by atoms with van der Waals surface area (Å²) in [6.45, 7) is 10.9. The first-order chi connectivity index (χ1) is 39.2. The molecule has 19 heteroatoms. The molecular formula is C63H87N8O11+. The molecule has 2 aliphatic rings. The van der Waals surface area contributed by atoms with Gasteiger partial charge in [0.05, 0.1) is 47.0 Å². The molecule has 0 bridgehead atoms. The van der Waals surface area contributed by atoms with Gasteiger partial charge in [-0.1, -0.05) is 101 Å². The molecule has 4 aromatic carbocycles. The van der Waals surface area contributed by atoms with Crippen LogP contribution in [-0.4, -0.2) is 169 Å². The van der Waals surface area contributed by atoms with Gasteiger partial charge in [-0.15, -0.1) is 0 Å². The Morgan fingerprint density at radius 2 is 1.30 bits per heavy atom. The summed E-state index contributed by atoms with van der Waals surface area (Å²) < 4.78 is 12.5. The molecule has 6 rings (SSSR count). The summed E-state index contributed by atoms with van der Waals surface area (Å²) in [6.07, 6.45) is 3.51. The number of benzene rings is 4. The molecule has 0 spiro atoms. The molecule has 7 N–H and O–H groups in total. The van der Waals surface area contributed by atoms with E-state index in [0.717, 1.165) is 59.4 Å². The van der Waals surface area contributed by atoms with Crippen molar-refractivity contribution in [1.29, 1.82) is 0 Å². The Balaban J connectivity index is 1.05. The Hall–Kier alpha value is -7.35. The fraction of sp³-hybridized carbons (Fsp3) is 0.508. The van der Waals surface area contributed by atoms with Gasteiger partial charge in [0, 0.05) is 18.7 Å². The van der Waals surface area contributed by atoms with Crippen molar-refractivity contribution in [2.75, 3.05) is 60.5 Å². The Bertz CT molecular complexity index is 2750. The van der Waals surface area contributed by atoms with E-state index >= 15 is 0 Å². The highest BCUT2D eigenvalue weighted by molar-refractivity contribution is 5.99.